The van der Waals surface area contributed by atoms with E-state index in [2.05, 4.69) is 30.6 Å². The summed E-state index contributed by atoms with van der Waals surface area (Å²) in [4.78, 5) is 12.6. The minimum absolute atomic E-state index is 0.0812. The third kappa shape index (κ3) is 7.14. The van der Waals surface area contributed by atoms with Gasteiger partial charge in [-0.2, -0.15) is 13.0 Å². The van der Waals surface area contributed by atoms with Crippen molar-refractivity contribution in [3.63, 3.8) is 0 Å². The molecule has 0 spiro atoms. The maximum absolute atomic E-state index is 11.9. The zero-order chi connectivity index (χ0) is 32.5. The molecule has 2 aromatic rings. The number of carboxylic acid groups (broad SMARTS) is 1. The van der Waals surface area contributed by atoms with Gasteiger partial charge in [0.05, 0.1) is 20.4 Å². The number of fused-ring (bicyclic) bond motifs is 2. The molecule has 10 nitrogen and oxygen atoms in total. The van der Waals surface area contributed by atoms with Crippen molar-refractivity contribution >= 4 is 43.3 Å². The van der Waals surface area contributed by atoms with Gasteiger partial charge in [0.1, 0.15) is 6.54 Å². The summed E-state index contributed by atoms with van der Waals surface area (Å²) in [5, 5.41) is 8.99. The van der Waals surface area contributed by atoms with Crippen molar-refractivity contribution in [2.45, 2.75) is 75.5 Å². The molecule has 12 heteroatoms. The van der Waals surface area contributed by atoms with E-state index in [0.29, 0.717) is 17.7 Å². The molecule has 2 N–H and O–H groups in total. The summed E-state index contributed by atoms with van der Waals surface area (Å²) >= 11 is 0. The lowest BCUT2D eigenvalue weighted by atomic mass is 9.81. The molecule has 0 unspecified atom stereocenters. The van der Waals surface area contributed by atoms with E-state index in [4.69, 9.17) is 5.11 Å². The SMILES string of the molecule is CC1(C)C(/C=C/C=C2/N(CCCS(=O)(=O)[O-])c3ccc(S(=O)(=O)O)cc3C2(C)C)=[N+](CCCCCC(=O)O)c2ccccc21. The van der Waals surface area contributed by atoms with Crippen LogP contribution in [-0.4, -0.2) is 66.1 Å². The molecule has 0 radical (unpaired) electrons. The van der Waals surface area contributed by atoms with Gasteiger partial charge in [0, 0.05) is 59.6 Å². The Morgan fingerprint density at radius 1 is 0.955 bits per heavy atom. The molecule has 0 saturated heterocycles. The van der Waals surface area contributed by atoms with Crippen molar-refractivity contribution in [1.29, 1.82) is 0 Å². The van der Waals surface area contributed by atoms with Gasteiger partial charge in [0.2, 0.25) is 5.69 Å². The summed E-state index contributed by atoms with van der Waals surface area (Å²) in [5.74, 6) is -1.33. The topological polar surface area (TPSA) is 155 Å². The molecule has 0 saturated carbocycles. The molecule has 0 bridgehead atoms. The standard InChI is InChI=1S/C32H40N2O8S2/c1-31(2)24-12-7-8-13-26(24)33(19-9-5-6-16-30(35)36)28(31)14-10-15-29-32(3,4)25-22-23(44(40,41)42)17-18-27(25)34(29)20-11-21-43(37,38)39/h7-8,10,12-15,17-18,22H,5-6,9,11,16,19-21H2,1-4H3,(H2-,35,36,37,38,39,40,41,42). The Morgan fingerprint density at radius 2 is 1.66 bits per heavy atom. The average molecular weight is 645 g/mol. The Labute approximate surface area is 259 Å². The number of unbranched alkanes of at least 4 members (excludes halogenated alkanes) is 2. The van der Waals surface area contributed by atoms with Crippen molar-refractivity contribution in [3.8, 4) is 0 Å². The highest BCUT2D eigenvalue weighted by molar-refractivity contribution is 7.86. The molecule has 0 amide bonds. The van der Waals surface area contributed by atoms with Gasteiger partial charge in [-0.05, 0) is 62.9 Å². The molecular formula is C32H40N2O8S2. The Kier molecular flexibility index (Phi) is 9.60. The van der Waals surface area contributed by atoms with E-state index in [0.717, 1.165) is 36.5 Å². The quantitative estimate of drug-likeness (QED) is 0.172. The van der Waals surface area contributed by atoms with E-state index in [1.807, 2.05) is 49.1 Å². The van der Waals surface area contributed by atoms with Gasteiger partial charge in [-0.25, -0.2) is 8.42 Å². The molecule has 2 aliphatic rings. The predicted octanol–water partition coefficient (Wildman–Crippen LogP) is 5.13. The second kappa shape index (κ2) is 12.6. The van der Waals surface area contributed by atoms with Crippen LogP contribution >= 0.6 is 0 Å². The van der Waals surface area contributed by atoms with Crippen LogP contribution in [0.1, 0.15) is 70.9 Å². The summed E-state index contributed by atoms with van der Waals surface area (Å²) in [6, 6.07) is 12.5. The smallest absolute Gasteiger partial charge is 0.303 e. The Balaban J connectivity index is 1.72. The molecular weight excluding hydrogens is 604 g/mol. The highest BCUT2D eigenvalue weighted by Crippen LogP contribution is 2.48. The Morgan fingerprint density at radius 3 is 2.32 bits per heavy atom. The highest BCUT2D eigenvalue weighted by atomic mass is 32.2. The molecule has 238 valence electrons. The van der Waals surface area contributed by atoms with E-state index in [1.54, 1.807) is 6.07 Å². The zero-order valence-corrected chi connectivity index (χ0v) is 27.1. The fraction of sp³-hybridized carbons (Fsp3) is 0.438. The van der Waals surface area contributed by atoms with Crippen LogP contribution in [0.15, 0.2) is 71.3 Å². The molecule has 44 heavy (non-hydrogen) atoms. The number of anilines is 1. The number of para-hydroxylation sites is 1. The van der Waals surface area contributed by atoms with Crippen molar-refractivity contribution in [2.75, 3.05) is 23.7 Å². The van der Waals surface area contributed by atoms with Crippen molar-refractivity contribution in [1.82, 2.24) is 0 Å². The number of hydrogen-bond acceptors (Lipinski definition) is 7. The number of carboxylic acids is 1. The van der Waals surface area contributed by atoms with Crippen LogP contribution in [0.5, 0.6) is 0 Å². The molecule has 0 fully saturated rings. The summed E-state index contributed by atoms with van der Waals surface area (Å²) in [5.41, 5.74) is 4.45. The lowest BCUT2D eigenvalue weighted by molar-refractivity contribution is -0.438. The van der Waals surface area contributed by atoms with Crippen LogP contribution in [0.25, 0.3) is 0 Å². The first kappa shape index (κ1) is 33.6. The summed E-state index contributed by atoms with van der Waals surface area (Å²) < 4.78 is 69.8. The fourth-order valence-electron chi connectivity index (χ4n) is 6.29. The van der Waals surface area contributed by atoms with E-state index in [9.17, 15) is 30.7 Å². The number of rotatable bonds is 13. The van der Waals surface area contributed by atoms with Crippen molar-refractivity contribution in [2.24, 2.45) is 0 Å². The highest BCUT2D eigenvalue weighted by Gasteiger charge is 2.44. The van der Waals surface area contributed by atoms with Gasteiger partial charge in [0.25, 0.3) is 10.1 Å². The van der Waals surface area contributed by atoms with Gasteiger partial charge in [-0.3, -0.25) is 9.35 Å². The van der Waals surface area contributed by atoms with E-state index in [1.165, 1.54) is 17.7 Å². The third-order valence-corrected chi connectivity index (χ3v) is 10.2. The second-order valence-corrected chi connectivity index (χ2v) is 15.3. The first-order valence-electron chi connectivity index (χ1n) is 14.6. The Hall–Kier alpha value is -3.32. The summed E-state index contributed by atoms with van der Waals surface area (Å²) in [7, 11) is -8.86. The number of allylic oxidation sites excluding steroid dienone is 4. The molecule has 0 aliphatic carbocycles. The predicted molar refractivity (Wildman–Crippen MR) is 168 cm³/mol. The van der Waals surface area contributed by atoms with Gasteiger partial charge in [0.15, 0.2) is 5.71 Å². The first-order chi connectivity index (χ1) is 20.4. The molecule has 0 aromatic heterocycles. The molecule has 2 aromatic carbocycles. The third-order valence-electron chi connectivity index (χ3n) is 8.52. The minimum Gasteiger partial charge on any atom is -0.748 e. The van der Waals surface area contributed by atoms with E-state index in [-0.39, 0.29) is 29.7 Å². The van der Waals surface area contributed by atoms with Gasteiger partial charge >= 0.3 is 5.97 Å². The fourth-order valence-corrected chi connectivity index (χ4v) is 7.28. The minimum atomic E-state index is -4.45. The maximum Gasteiger partial charge on any atom is 0.303 e. The second-order valence-electron chi connectivity index (χ2n) is 12.3. The Bertz CT molecular complexity index is 1750. The van der Waals surface area contributed by atoms with Crippen LogP contribution in [-0.2, 0) is 35.9 Å². The normalized spacial score (nSPS) is 18.3. The molecule has 0 atom stereocenters. The zero-order valence-electron chi connectivity index (χ0n) is 25.5. The van der Waals surface area contributed by atoms with Gasteiger partial charge < -0.3 is 14.6 Å². The van der Waals surface area contributed by atoms with E-state index >= 15 is 0 Å². The van der Waals surface area contributed by atoms with Gasteiger partial charge in [-0.1, -0.05) is 38.1 Å². The van der Waals surface area contributed by atoms with Crippen LogP contribution in [0.4, 0.5) is 11.4 Å². The number of benzene rings is 2. The van der Waals surface area contributed by atoms with Crippen LogP contribution < -0.4 is 4.90 Å². The maximum atomic E-state index is 11.9. The van der Waals surface area contributed by atoms with Crippen molar-refractivity contribution in [3.05, 3.63) is 77.5 Å². The van der Waals surface area contributed by atoms with Crippen molar-refractivity contribution < 1.29 is 40.4 Å². The number of nitrogens with zero attached hydrogens (tertiary/aromatic N) is 2. The average Bonchev–Trinajstić information content (AvgIpc) is 3.26. The summed E-state index contributed by atoms with van der Waals surface area (Å²) in [6.07, 6.45) is 8.37. The monoisotopic (exact) mass is 644 g/mol. The number of carbonyl (C=O) groups is 1. The summed E-state index contributed by atoms with van der Waals surface area (Å²) in [6.45, 7) is 9.11. The largest absolute Gasteiger partial charge is 0.748 e. The van der Waals surface area contributed by atoms with Gasteiger partial charge in [-0.15, -0.1) is 0 Å². The lowest BCUT2D eigenvalue weighted by Crippen LogP contribution is -2.29. The molecule has 2 aliphatic heterocycles. The molecule has 2 heterocycles. The first-order valence-corrected chi connectivity index (χ1v) is 17.6. The van der Waals surface area contributed by atoms with E-state index < -0.39 is 37.4 Å². The van der Waals surface area contributed by atoms with Crippen LogP contribution in [0.3, 0.4) is 0 Å². The molecule has 4 rings (SSSR count). The van der Waals surface area contributed by atoms with Crippen LogP contribution in [0.2, 0.25) is 0 Å². The number of aliphatic carboxylic acids is 1. The van der Waals surface area contributed by atoms with Crippen LogP contribution in [0, 0.1) is 0 Å². The number of hydrogen-bond donors (Lipinski definition) is 2. The lowest BCUT2D eigenvalue weighted by Gasteiger charge is -2.27.